The predicted molar refractivity (Wildman–Crippen MR) is 49.5 cm³/mol. The van der Waals surface area contributed by atoms with E-state index in [0.29, 0.717) is 13.0 Å². The second-order valence-corrected chi connectivity index (χ2v) is 4.30. The maximum atomic E-state index is 11.4. The molecule has 2 aliphatic rings. The molecule has 14 heavy (non-hydrogen) atoms. The van der Waals surface area contributed by atoms with E-state index >= 15 is 0 Å². The van der Waals surface area contributed by atoms with Gasteiger partial charge >= 0.3 is 0 Å². The number of carbonyl (C=O) groups excluding carboxylic acids is 2. The number of nitrogens with zero attached hydrogens (tertiary/aromatic N) is 1. The van der Waals surface area contributed by atoms with Crippen LogP contribution in [0.5, 0.6) is 0 Å². The second kappa shape index (κ2) is 3.35. The normalized spacial score (nSPS) is 36.3. The minimum Gasteiger partial charge on any atom is -0.390 e. The van der Waals surface area contributed by atoms with Gasteiger partial charge in [0.05, 0.1) is 18.6 Å². The zero-order valence-corrected chi connectivity index (χ0v) is 8.27. The molecule has 0 aromatic carbocycles. The van der Waals surface area contributed by atoms with Crippen LogP contribution in [-0.4, -0.2) is 40.4 Å². The molecule has 0 aromatic heterocycles. The first-order valence-electron chi connectivity index (χ1n) is 5.06. The predicted octanol–water partition coefficient (Wildman–Crippen LogP) is -0.0528. The smallest absolute Gasteiger partial charge is 0.225 e. The molecular formula is C10H15NO3. The van der Waals surface area contributed by atoms with Gasteiger partial charge in [-0.25, -0.2) is 0 Å². The van der Waals surface area contributed by atoms with Crippen molar-refractivity contribution in [2.75, 3.05) is 6.54 Å². The minimum absolute atomic E-state index is 0.0357. The van der Waals surface area contributed by atoms with E-state index in [1.165, 1.54) is 0 Å². The standard InChI is InChI=1S/C10H15NO3/c1-6(12)4-7-2-3-11-9(14)5-8(13)10(7)11/h7-8,10,13H,2-5H2,1H3. The fourth-order valence-electron chi connectivity index (χ4n) is 2.70. The summed E-state index contributed by atoms with van der Waals surface area (Å²) in [6.07, 6.45) is 1.02. The third-order valence-corrected chi connectivity index (χ3v) is 3.23. The molecule has 0 aliphatic carbocycles. The molecular weight excluding hydrogens is 182 g/mol. The molecule has 1 amide bonds. The third kappa shape index (κ3) is 1.43. The lowest BCUT2D eigenvalue weighted by Crippen LogP contribution is -2.35. The summed E-state index contributed by atoms with van der Waals surface area (Å²) in [7, 11) is 0. The Hall–Kier alpha value is -0.900. The van der Waals surface area contributed by atoms with E-state index in [1.54, 1.807) is 11.8 Å². The van der Waals surface area contributed by atoms with Crippen molar-refractivity contribution in [2.24, 2.45) is 5.92 Å². The molecule has 2 aliphatic heterocycles. The topological polar surface area (TPSA) is 57.6 Å². The van der Waals surface area contributed by atoms with Crippen molar-refractivity contribution in [3.63, 3.8) is 0 Å². The highest BCUT2D eigenvalue weighted by molar-refractivity contribution is 5.81. The first-order valence-corrected chi connectivity index (χ1v) is 5.06. The van der Waals surface area contributed by atoms with E-state index in [4.69, 9.17) is 0 Å². The molecule has 4 nitrogen and oxygen atoms in total. The molecule has 2 saturated heterocycles. The number of hydrogen-bond acceptors (Lipinski definition) is 3. The number of amides is 1. The number of Topliss-reactive ketones (excluding diaryl/α,β-unsaturated/α-hetero) is 1. The molecule has 78 valence electrons. The van der Waals surface area contributed by atoms with Gasteiger partial charge in [0, 0.05) is 13.0 Å². The van der Waals surface area contributed by atoms with Crippen molar-refractivity contribution in [1.82, 2.24) is 4.90 Å². The summed E-state index contributed by atoms with van der Waals surface area (Å²) < 4.78 is 0. The molecule has 3 atom stereocenters. The SMILES string of the molecule is CC(=O)CC1CCN2C(=O)CC(O)C12. The average Bonchev–Trinajstić information content (AvgIpc) is 2.56. The summed E-state index contributed by atoms with van der Waals surface area (Å²) in [5.41, 5.74) is 0. The van der Waals surface area contributed by atoms with Gasteiger partial charge < -0.3 is 14.8 Å². The lowest BCUT2D eigenvalue weighted by atomic mass is 9.92. The number of aliphatic hydroxyl groups is 1. The van der Waals surface area contributed by atoms with Gasteiger partial charge in [0.2, 0.25) is 5.91 Å². The molecule has 2 heterocycles. The van der Waals surface area contributed by atoms with Crippen molar-refractivity contribution in [1.29, 1.82) is 0 Å². The van der Waals surface area contributed by atoms with E-state index in [0.717, 1.165) is 6.42 Å². The van der Waals surface area contributed by atoms with Crippen LogP contribution in [0.3, 0.4) is 0 Å². The Morgan fingerprint density at radius 3 is 3.00 bits per heavy atom. The number of hydrogen-bond donors (Lipinski definition) is 1. The quantitative estimate of drug-likeness (QED) is 0.675. The van der Waals surface area contributed by atoms with Gasteiger partial charge in [-0.3, -0.25) is 4.79 Å². The summed E-state index contributed by atoms with van der Waals surface area (Å²) in [5.74, 6) is 0.353. The Balaban J connectivity index is 2.10. The second-order valence-electron chi connectivity index (χ2n) is 4.30. The van der Waals surface area contributed by atoms with Crippen LogP contribution in [0.25, 0.3) is 0 Å². The highest BCUT2D eigenvalue weighted by Crippen LogP contribution is 2.35. The molecule has 4 heteroatoms. The van der Waals surface area contributed by atoms with E-state index in [9.17, 15) is 14.7 Å². The van der Waals surface area contributed by atoms with E-state index in [1.807, 2.05) is 0 Å². The van der Waals surface area contributed by atoms with Crippen molar-refractivity contribution in [3.05, 3.63) is 0 Å². The lowest BCUT2D eigenvalue weighted by Gasteiger charge is -2.22. The number of ketones is 1. The van der Waals surface area contributed by atoms with E-state index < -0.39 is 6.10 Å². The van der Waals surface area contributed by atoms with Crippen LogP contribution in [0.2, 0.25) is 0 Å². The van der Waals surface area contributed by atoms with Crippen molar-refractivity contribution in [2.45, 2.75) is 38.3 Å². The first kappa shape index (κ1) is 9.65. The Morgan fingerprint density at radius 1 is 1.64 bits per heavy atom. The molecule has 2 fully saturated rings. The van der Waals surface area contributed by atoms with Gasteiger partial charge in [-0.05, 0) is 19.3 Å². The van der Waals surface area contributed by atoms with Crippen molar-refractivity contribution < 1.29 is 14.7 Å². The Bertz CT molecular complexity index is 277. The fourth-order valence-corrected chi connectivity index (χ4v) is 2.70. The lowest BCUT2D eigenvalue weighted by molar-refractivity contribution is -0.128. The van der Waals surface area contributed by atoms with Gasteiger partial charge in [-0.1, -0.05) is 0 Å². The Labute approximate surface area is 82.9 Å². The third-order valence-electron chi connectivity index (χ3n) is 3.23. The number of aliphatic hydroxyl groups excluding tert-OH is 1. The Kier molecular flexibility index (Phi) is 2.31. The van der Waals surface area contributed by atoms with Gasteiger partial charge in [0.15, 0.2) is 0 Å². The van der Waals surface area contributed by atoms with E-state index in [2.05, 4.69) is 0 Å². The van der Waals surface area contributed by atoms with Crippen molar-refractivity contribution >= 4 is 11.7 Å². The highest BCUT2D eigenvalue weighted by Gasteiger charge is 2.47. The maximum Gasteiger partial charge on any atom is 0.225 e. The number of carbonyl (C=O) groups is 2. The minimum atomic E-state index is -0.561. The first-order chi connectivity index (χ1) is 6.59. The van der Waals surface area contributed by atoms with E-state index in [-0.39, 0.29) is 30.1 Å². The molecule has 0 spiro atoms. The van der Waals surface area contributed by atoms with Crippen LogP contribution >= 0.6 is 0 Å². The highest BCUT2D eigenvalue weighted by atomic mass is 16.3. The zero-order valence-electron chi connectivity index (χ0n) is 8.27. The van der Waals surface area contributed by atoms with Crippen LogP contribution in [0.4, 0.5) is 0 Å². The largest absolute Gasteiger partial charge is 0.390 e. The molecule has 0 saturated carbocycles. The summed E-state index contributed by atoms with van der Waals surface area (Å²) in [5, 5.41) is 9.68. The van der Waals surface area contributed by atoms with Crippen molar-refractivity contribution in [3.8, 4) is 0 Å². The summed E-state index contributed by atoms with van der Waals surface area (Å²) in [4.78, 5) is 24.1. The van der Waals surface area contributed by atoms with Crippen LogP contribution in [0.15, 0.2) is 0 Å². The number of rotatable bonds is 2. The van der Waals surface area contributed by atoms with Gasteiger partial charge in [-0.15, -0.1) is 0 Å². The molecule has 3 unspecified atom stereocenters. The van der Waals surface area contributed by atoms with Crippen LogP contribution in [-0.2, 0) is 9.59 Å². The summed E-state index contributed by atoms with van der Waals surface area (Å²) >= 11 is 0. The summed E-state index contributed by atoms with van der Waals surface area (Å²) in [6, 6.07) is -0.0913. The molecule has 0 bridgehead atoms. The molecule has 0 aromatic rings. The van der Waals surface area contributed by atoms with Gasteiger partial charge in [-0.2, -0.15) is 0 Å². The zero-order chi connectivity index (χ0) is 10.3. The fraction of sp³-hybridized carbons (Fsp3) is 0.800. The van der Waals surface area contributed by atoms with Gasteiger partial charge in [0.25, 0.3) is 0 Å². The molecule has 0 radical (unpaired) electrons. The maximum absolute atomic E-state index is 11.4. The molecule has 1 N–H and O–H groups in total. The van der Waals surface area contributed by atoms with Crippen LogP contribution in [0.1, 0.15) is 26.2 Å². The molecule has 2 rings (SSSR count). The Morgan fingerprint density at radius 2 is 2.36 bits per heavy atom. The average molecular weight is 197 g/mol. The van der Waals surface area contributed by atoms with Gasteiger partial charge in [0.1, 0.15) is 5.78 Å². The summed E-state index contributed by atoms with van der Waals surface area (Å²) in [6.45, 7) is 2.27. The number of fused-ring (bicyclic) bond motifs is 1. The van der Waals surface area contributed by atoms with Crippen LogP contribution < -0.4 is 0 Å². The van der Waals surface area contributed by atoms with Crippen LogP contribution in [0, 0.1) is 5.92 Å². The monoisotopic (exact) mass is 197 g/mol.